The first-order chi connectivity index (χ1) is 9.88. The van der Waals surface area contributed by atoms with Gasteiger partial charge in [0.2, 0.25) is 0 Å². The van der Waals surface area contributed by atoms with E-state index < -0.39 is 0 Å². The fourth-order valence-electron chi connectivity index (χ4n) is 2.66. The molecule has 0 spiro atoms. The maximum Gasteiger partial charge on any atom is 0.186 e. The first-order valence-corrected chi connectivity index (χ1v) is 7.00. The van der Waals surface area contributed by atoms with Gasteiger partial charge in [-0.1, -0.05) is 18.2 Å². The highest BCUT2D eigenvalue weighted by Gasteiger charge is 2.13. The van der Waals surface area contributed by atoms with Crippen LogP contribution in [0.1, 0.15) is 18.5 Å². The second kappa shape index (κ2) is 5.85. The number of rotatable bonds is 4. The number of nitriles is 1. The summed E-state index contributed by atoms with van der Waals surface area (Å²) in [6.45, 7) is 4.19. The Bertz CT molecular complexity index is 640. The second-order valence-corrected chi connectivity index (χ2v) is 5.03. The molecule has 20 heavy (non-hydrogen) atoms. The van der Waals surface area contributed by atoms with Crippen LogP contribution in [-0.2, 0) is 0 Å². The van der Waals surface area contributed by atoms with Crippen LogP contribution in [0, 0.1) is 11.3 Å². The Morgan fingerprint density at radius 3 is 2.80 bits per heavy atom. The highest BCUT2D eigenvalue weighted by atomic mass is 15.2. The van der Waals surface area contributed by atoms with Crippen molar-refractivity contribution in [3.8, 4) is 6.07 Å². The second-order valence-electron chi connectivity index (χ2n) is 5.03. The summed E-state index contributed by atoms with van der Waals surface area (Å²) in [6, 6.07) is 9.89. The van der Waals surface area contributed by atoms with Crippen LogP contribution in [0.2, 0.25) is 0 Å². The molecule has 0 bridgehead atoms. The van der Waals surface area contributed by atoms with E-state index >= 15 is 0 Å². The molecule has 0 amide bonds. The number of nitrogens with zero attached hydrogens (tertiary/aromatic N) is 4. The molecule has 102 valence electrons. The van der Waals surface area contributed by atoms with E-state index in [0.717, 1.165) is 29.7 Å². The number of nitrogens with one attached hydrogen (secondary N) is 1. The highest BCUT2D eigenvalue weighted by Crippen LogP contribution is 2.23. The van der Waals surface area contributed by atoms with Gasteiger partial charge in [0.1, 0.15) is 6.07 Å². The van der Waals surface area contributed by atoms with Crippen LogP contribution in [0.3, 0.4) is 0 Å². The SMILES string of the molecule is N#Cc1nnc2ccccc2c1NCCN1CCCC1. The van der Waals surface area contributed by atoms with Crippen molar-refractivity contribution in [2.45, 2.75) is 12.8 Å². The average molecular weight is 267 g/mol. The zero-order valence-electron chi connectivity index (χ0n) is 11.3. The summed E-state index contributed by atoms with van der Waals surface area (Å²) in [7, 11) is 0. The van der Waals surface area contributed by atoms with E-state index in [-0.39, 0.29) is 0 Å². The van der Waals surface area contributed by atoms with Crippen LogP contribution in [0.5, 0.6) is 0 Å². The van der Waals surface area contributed by atoms with Gasteiger partial charge in [0, 0.05) is 18.5 Å². The first-order valence-electron chi connectivity index (χ1n) is 7.00. The summed E-state index contributed by atoms with van der Waals surface area (Å²) in [4.78, 5) is 2.44. The Kier molecular flexibility index (Phi) is 3.75. The molecular formula is C15H17N5. The molecule has 0 saturated carbocycles. The largest absolute Gasteiger partial charge is 0.381 e. The van der Waals surface area contributed by atoms with Crippen molar-refractivity contribution in [1.82, 2.24) is 15.1 Å². The van der Waals surface area contributed by atoms with Crippen LogP contribution >= 0.6 is 0 Å². The molecule has 1 N–H and O–H groups in total. The fourth-order valence-corrected chi connectivity index (χ4v) is 2.66. The minimum absolute atomic E-state index is 0.366. The van der Waals surface area contributed by atoms with Crippen molar-refractivity contribution in [2.24, 2.45) is 0 Å². The minimum Gasteiger partial charge on any atom is -0.381 e. The predicted molar refractivity (Wildman–Crippen MR) is 78.4 cm³/mol. The molecule has 0 aliphatic carbocycles. The van der Waals surface area contributed by atoms with Gasteiger partial charge in [-0.3, -0.25) is 0 Å². The normalized spacial score (nSPS) is 15.3. The van der Waals surface area contributed by atoms with Crippen LogP contribution < -0.4 is 5.32 Å². The third-order valence-electron chi connectivity index (χ3n) is 3.70. The lowest BCUT2D eigenvalue weighted by atomic mass is 10.1. The Morgan fingerprint density at radius 1 is 1.20 bits per heavy atom. The lowest BCUT2D eigenvalue weighted by Crippen LogP contribution is -2.26. The Morgan fingerprint density at radius 2 is 2.00 bits per heavy atom. The smallest absolute Gasteiger partial charge is 0.186 e. The van der Waals surface area contributed by atoms with Gasteiger partial charge in [-0.15, -0.1) is 10.2 Å². The summed E-state index contributed by atoms with van der Waals surface area (Å²) in [5.41, 5.74) is 1.98. The Labute approximate surface area is 118 Å². The molecule has 2 heterocycles. The molecule has 2 aromatic rings. The number of likely N-dealkylation sites (tertiary alicyclic amines) is 1. The topological polar surface area (TPSA) is 64.8 Å². The van der Waals surface area contributed by atoms with Crippen LogP contribution in [0.15, 0.2) is 24.3 Å². The maximum atomic E-state index is 9.19. The van der Waals surface area contributed by atoms with E-state index in [1.165, 1.54) is 25.9 Å². The molecule has 1 aliphatic rings. The number of anilines is 1. The number of fused-ring (bicyclic) bond motifs is 1. The molecule has 0 atom stereocenters. The number of aromatic nitrogens is 2. The summed E-state index contributed by atoms with van der Waals surface area (Å²) >= 11 is 0. The molecule has 3 rings (SSSR count). The van der Waals surface area contributed by atoms with E-state index in [4.69, 9.17) is 0 Å². The molecule has 0 unspecified atom stereocenters. The average Bonchev–Trinajstić information content (AvgIpc) is 3.00. The van der Waals surface area contributed by atoms with Crippen LogP contribution in [-0.4, -0.2) is 41.3 Å². The molecular weight excluding hydrogens is 250 g/mol. The van der Waals surface area contributed by atoms with Crippen molar-refractivity contribution >= 4 is 16.6 Å². The molecule has 1 aliphatic heterocycles. The van der Waals surface area contributed by atoms with Gasteiger partial charge in [-0.2, -0.15) is 5.26 Å². The third-order valence-corrected chi connectivity index (χ3v) is 3.70. The molecule has 5 heteroatoms. The van der Waals surface area contributed by atoms with Gasteiger partial charge < -0.3 is 10.2 Å². The minimum atomic E-state index is 0.366. The van der Waals surface area contributed by atoms with Gasteiger partial charge in [-0.05, 0) is 32.0 Å². The van der Waals surface area contributed by atoms with E-state index in [1.807, 2.05) is 24.3 Å². The monoisotopic (exact) mass is 267 g/mol. The lowest BCUT2D eigenvalue weighted by molar-refractivity contribution is 0.353. The van der Waals surface area contributed by atoms with Crippen molar-refractivity contribution in [1.29, 1.82) is 5.26 Å². The molecule has 1 fully saturated rings. The maximum absolute atomic E-state index is 9.19. The van der Waals surface area contributed by atoms with E-state index in [1.54, 1.807) is 0 Å². The van der Waals surface area contributed by atoms with E-state index in [0.29, 0.717) is 5.69 Å². The van der Waals surface area contributed by atoms with Crippen LogP contribution in [0.25, 0.3) is 10.9 Å². The Hall–Kier alpha value is -2.19. The number of benzene rings is 1. The van der Waals surface area contributed by atoms with Crippen molar-refractivity contribution in [3.63, 3.8) is 0 Å². The van der Waals surface area contributed by atoms with Crippen LogP contribution in [0.4, 0.5) is 5.69 Å². The fraction of sp³-hybridized carbons (Fsp3) is 0.400. The van der Waals surface area contributed by atoms with Crippen molar-refractivity contribution < 1.29 is 0 Å². The summed E-state index contributed by atoms with van der Waals surface area (Å²) in [5, 5.41) is 21.6. The van der Waals surface area contributed by atoms with Gasteiger partial charge >= 0.3 is 0 Å². The lowest BCUT2D eigenvalue weighted by Gasteiger charge is -2.16. The standard InChI is InChI=1S/C15H17N5/c16-11-14-15(17-7-10-20-8-3-4-9-20)12-5-1-2-6-13(12)18-19-14/h1-2,5-6H,3-4,7-10H2,(H,17,18). The molecule has 1 saturated heterocycles. The van der Waals surface area contributed by atoms with E-state index in [9.17, 15) is 5.26 Å². The zero-order valence-corrected chi connectivity index (χ0v) is 11.3. The third kappa shape index (κ3) is 2.56. The molecule has 1 aromatic heterocycles. The number of hydrogen-bond acceptors (Lipinski definition) is 5. The Balaban J connectivity index is 1.79. The van der Waals surface area contributed by atoms with Crippen molar-refractivity contribution in [2.75, 3.05) is 31.5 Å². The van der Waals surface area contributed by atoms with Gasteiger partial charge in [-0.25, -0.2) is 0 Å². The van der Waals surface area contributed by atoms with Gasteiger partial charge in [0.15, 0.2) is 5.69 Å². The molecule has 5 nitrogen and oxygen atoms in total. The molecule has 0 radical (unpaired) electrons. The van der Waals surface area contributed by atoms with Crippen molar-refractivity contribution in [3.05, 3.63) is 30.0 Å². The number of hydrogen-bond donors (Lipinski definition) is 1. The summed E-state index contributed by atoms with van der Waals surface area (Å²) < 4.78 is 0. The summed E-state index contributed by atoms with van der Waals surface area (Å²) in [6.07, 6.45) is 2.59. The zero-order chi connectivity index (χ0) is 13.8. The highest BCUT2D eigenvalue weighted by molar-refractivity contribution is 5.92. The quantitative estimate of drug-likeness (QED) is 0.918. The predicted octanol–water partition coefficient (Wildman–Crippen LogP) is 2.01. The summed E-state index contributed by atoms with van der Waals surface area (Å²) in [5.74, 6) is 0. The van der Waals surface area contributed by atoms with E-state index in [2.05, 4.69) is 26.5 Å². The molecule has 1 aromatic carbocycles. The van der Waals surface area contributed by atoms with Gasteiger partial charge in [0.25, 0.3) is 0 Å². The first kappa shape index (κ1) is 12.8. The van der Waals surface area contributed by atoms with Gasteiger partial charge in [0.05, 0.1) is 11.2 Å².